The van der Waals surface area contributed by atoms with E-state index in [0.29, 0.717) is 5.56 Å². The zero-order chi connectivity index (χ0) is 13.2. The van der Waals surface area contributed by atoms with Crippen molar-refractivity contribution in [3.8, 4) is 0 Å². The van der Waals surface area contributed by atoms with E-state index < -0.39 is 11.7 Å². The Hall–Kier alpha value is -0.550. The molecule has 0 aromatic heterocycles. The van der Waals surface area contributed by atoms with E-state index in [2.05, 4.69) is 21.2 Å². The van der Waals surface area contributed by atoms with E-state index in [1.807, 2.05) is 0 Å². The van der Waals surface area contributed by atoms with Crippen molar-refractivity contribution < 1.29 is 13.2 Å². The second-order valence-electron chi connectivity index (χ2n) is 4.59. The molecule has 1 aromatic rings. The Morgan fingerprint density at radius 3 is 2.67 bits per heavy atom. The zero-order valence-corrected chi connectivity index (χ0v) is 11.4. The summed E-state index contributed by atoms with van der Waals surface area (Å²) in [5.41, 5.74) is 0.137. The van der Waals surface area contributed by atoms with Gasteiger partial charge in [0.1, 0.15) is 0 Å². The van der Waals surface area contributed by atoms with Crippen LogP contribution in [-0.2, 0) is 6.18 Å². The summed E-state index contributed by atoms with van der Waals surface area (Å²) in [4.78, 5) is 0. The van der Waals surface area contributed by atoms with Crippen LogP contribution in [0.4, 0.5) is 13.2 Å². The first kappa shape index (κ1) is 13.9. The van der Waals surface area contributed by atoms with Crippen LogP contribution in [0.1, 0.15) is 42.9 Å². The molecule has 1 fully saturated rings. The molecule has 1 unspecified atom stereocenters. The minimum atomic E-state index is -4.28. The number of nitrogens with one attached hydrogen (secondary N) is 1. The summed E-state index contributed by atoms with van der Waals surface area (Å²) >= 11 is 3.35. The van der Waals surface area contributed by atoms with Gasteiger partial charge in [0.05, 0.1) is 5.56 Å². The number of benzene rings is 1. The predicted molar refractivity (Wildman–Crippen MR) is 68.4 cm³/mol. The first-order valence-corrected chi connectivity index (χ1v) is 6.88. The van der Waals surface area contributed by atoms with Crippen molar-refractivity contribution in [3.05, 3.63) is 33.8 Å². The molecule has 0 aliphatic carbocycles. The lowest BCUT2D eigenvalue weighted by Crippen LogP contribution is -2.21. The highest BCUT2D eigenvalue weighted by molar-refractivity contribution is 9.10. The number of halogens is 4. The minimum absolute atomic E-state index is 0.0178. The van der Waals surface area contributed by atoms with Gasteiger partial charge in [-0.3, -0.25) is 0 Å². The molecule has 1 atom stereocenters. The molecule has 2 rings (SSSR count). The lowest BCUT2D eigenvalue weighted by molar-refractivity contribution is -0.137. The molecule has 0 saturated carbocycles. The van der Waals surface area contributed by atoms with Crippen LogP contribution < -0.4 is 5.32 Å². The summed E-state index contributed by atoms with van der Waals surface area (Å²) in [6.07, 6.45) is -0.104. The van der Waals surface area contributed by atoms with Gasteiger partial charge in [0.25, 0.3) is 0 Å². The highest BCUT2D eigenvalue weighted by Gasteiger charge is 2.31. The number of hydrogen-bond acceptors (Lipinski definition) is 1. The molecule has 1 aliphatic heterocycles. The molecule has 1 N–H and O–H groups in total. The molecule has 18 heavy (non-hydrogen) atoms. The fourth-order valence-corrected chi connectivity index (χ4v) is 2.80. The molecular weight excluding hydrogens is 307 g/mol. The molecule has 100 valence electrons. The Labute approximate surface area is 113 Å². The Morgan fingerprint density at radius 2 is 1.94 bits per heavy atom. The Balaban J connectivity index is 2.30. The lowest BCUT2D eigenvalue weighted by Gasteiger charge is -2.19. The molecule has 0 radical (unpaired) electrons. The van der Waals surface area contributed by atoms with E-state index in [4.69, 9.17) is 0 Å². The maximum absolute atomic E-state index is 12.7. The van der Waals surface area contributed by atoms with Crippen LogP contribution in [0.2, 0.25) is 0 Å². The van der Waals surface area contributed by atoms with Gasteiger partial charge in [0.15, 0.2) is 0 Å². The first-order valence-electron chi connectivity index (χ1n) is 6.08. The molecule has 0 bridgehead atoms. The molecule has 0 spiro atoms. The summed E-state index contributed by atoms with van der Waals surface area (Å²) < 4.78 is 38.9. The molecule has 1 heterocycles. The summed E-state index contributed by atoms with van der Waals surface area (Å²) in [7, 11) is 0. The average molecular weight is 322 g/mol. The summed E-state index contributed by atoms with van der Waals surface area (Å²) in [5.74, 6) is 0. The summed E-state index contributed by atoms with van der Waals surface area (Å²) in [6.45, 7) is 0.868. The van der Waals surface area contributed by atoms with Gasteiger partial charge in [-0.15, -0.1) is 0 Å². The van der Waals surface area contributed by atoms with Crippen molar-refractivity contribution in [2.24, 2.45) is 0 Å². The predicted octanol–water partition coefficient (Wildman–Crippen LogP) is 4.67. The van der Waals surface area contributed by atoms with E-state index in [1.54, 1.807) is 0 Å². The van der Waals surface area contributed by atoms with E-state index >= 15 is 0 Å². The molecule has 1 aromatic carbocycles. The van der Waals surface area contributed by atoms with Gasteiger partial charge in [-0.2, -0.15) is 13.2 Å². The zero-order valence-electron chi connectivity index (χ0n) is 9.86. The van der Waals surface area contributed by atoms with Crippen molar-refractivity contribution >= 4 is 15.9 Å². The summed E-state index contributed by atoms with van der Waals surface area (Å²) in [6, 6.07) is 3.88. The maximum atomic E-state index is 12.7. The van der Waals surface area contributed by atoms with Gasteiger partial charge in [-0.25, -0.2) is 0 Å². The van der Waals surface area contributed by atoms with Crippen LogP contribution in [0.3, 0.4) is 0 Å². The van der Waals surface area contributed by atoms with Crippen LogP contribution in [0, 0.1) is 0 Å². The van der Waals surface area contributed by atoms with E-state index in [-0.39, 0.29) is 6.04 Å². The third kappa shape index (κ3) is 3.26. The van der Waals surface area contributed by atoms with Crippen molar-refractivity contribution in [2.45, 2.75) is 37.9 Å². The maximum Gasteiger partial charge on any atom is 0.416 e. The second-order valence-corrected chi connectivity index (χ2v) is 5.44. The van der Waals surface area contributed by atoms with E-state index in [0.717, 1.165) is 42.8 Å². The Morgan fingerprint density at radius 1 is 1.17 bits per heavy atom. The van der Waals surface area contributed by atoms with Gasteiger partial charge in [0, 0.05) is 10.5 Å². The molecule has 5 heteroatoms. The standard InChI is InChI=1S/C13H15BrF3N/c14-11-6-5-9(13(15,16)17)8-10(11)12-4-2-1-3-7-18-12/h5-6,8,12,18H,1-4,7H2. The van der Waals surface area contributed by atoms with Gasteiger partial charge in [-0.1, -0.05) is 28.8 Å². The fraction of sp³-hybridized carbons (Fsp3) is 0.538. The third-order valence-corrected chi connectivity index (χ3v) is 3.98. The molecule has 1 nitrogen and oxygen atoms in total. The smallest absolute Gasteiger partial charge is 0.310 e. The Kier molecular flexibility index (Phi) is 4.33. The lowest BCUT2D eigenvalue weighted by atomic mass is 10.00. The number of alkyl halides is 3. The molecular formula is C13H15BrF3N. The van der Waals surface area contributed by atoms with Crippen LogP contribution in [0.15, 0.2) is 22.7 Å². The topological polar surface area (TPSA) is 12.0 Å². The normalized spacial score (nSPS) is 21.7. The number of hydrogen-bond donors (Lipinski definition) is 1. The van der Waals surface area contributed by atoms with Crippen molar-refractivity contribution in [1.29, 1.82) is 0 Å². The highest BCUT2D eigenvalue weighted by Crippen LogP contribution is 2.35. The van der Waals surface area contributed by atoms with Gasteiger partial charge >= 0.3 is 6.18 Å². The van der Waals surface area contributed by atoms with Gasteiger partial charge < -0.3 is 5.32 Å². The van der Waals surface area contributed by atoms with Crippen molar-refractivity contribution in [1.82, 2.24) is 5.32 Å². The molecule has 1 aliphatic rings. The largest absolute Gasteiger partial charge is 0.416 e. The highest BCUT2D eigenvalue weighted by atomic mass is 79.9. The number of rotatable bonds is 1. The average Bonchev–Trinajstić information content (AvgIpc) is 2.56. The van der Waals surface area contributed by atoms with Crippen LogP contribution in [-0.4, -0.2) is 6.54 Å². The second kappa shape index (κ2) is 5.61. The first-order chi connectivity index (χ1) is 8.48. The molecule has 0 amide bonds. The monoisotopic (exact) mass is 321 g/mol. The Bertz CT molecular complexity index is 409. The minimum Gasteiger partial charge on any atom is -0.310 e. The van der Waals surface area contributed by atoms with Crippen molar-refractivity contribution in [3.63, 3.8) is 0 Å². The van der Waals surface area contributed by atoms with E-state index in [1.165, 1.54) is 12.1 Å². The SMILES string of the molecule is FC(F)(F)c1ccc(Br)c(C2CCCCCN2)c1. The fourth-order valence-electron chi connectivity index (χ4n) is 2.28. The quantitative estimate of drug-likeness (QED) is 0.792. The van der Waals surface area contributed by atoms with Crippen molar-refractivity contribution in [2.75, 3.05) is 6.54 Å². The van der Waals surface area contributed by atoms with Crippen LogP contribution >= 0.6 is 15.9 Å². The van der Waals surface area contributed by atoms with Crippen LogP contribution in [0.5, 0.6) is 0 Å². The molecule has 1 saturated heterocycles. The van der Waals surface area contributed by atoms with Gasteiger partial charge in [-0.05, 0) is 43.1 Å². The van der Waals surface area contributed by atoms with Crippen LogP contribution in [0.25, 0.3) is 0 Å². The summed E-state index contributed by atoms with van der Waals surface area (Å²) in [5, 5.41) is 3.32. The van der Waals surface area contributed by atoms with Gasteiger partial charge in [0.2, 0.25) is 0 Å². The third-order valence-electron chi connectivity index (χ3n) is 3.26. The van der Waals surface area contributed by atoms with E-state index in [9.17, 15) is 13.2 Å².